The Labute approximate surface area is 124 Å². The van der Waals surface area contributed by atoms with Gasteiger partial charge < -0.3 is 5.32 Å². The van der Waals surface area contributed by atoms with E-state index in [4.69, 9.17) is 0 Å². The van der Waals surface area contributed by atoms with E-state index in [2.05, 4.69) is 5.32 Å². The van der Waals surface area contributed by atoms with Gasteiger partial charge in [0.25, 0.3) is 5.91 Å². The number of carbonyl (C=O) groups is 1. The molecule has 0 fully saturated rings. The Morgan fingerprint density at radius 1 is 1.00 bits per heavy atom. The van der Waals surface area contributed by atoms with Crippen LogP contribution in [0.1, 0.15) is 21.5 Å². The Morgan fingerprint density at radius 2 is 1.62 bits per heavy atom. The van der Waals surface area contributed by atoms with Crippen LogP contribution >= 0.6 is 0 Å². The molecule has 0 aliphatic heterocycles. The molecule has 5 heteroatoms. The van der Waals surface area contributed by atoms with E-state index < -0.39 is 9.84 Å². The van der Waals surface area contributed by atoms with E-state index in [9.17, 15) is 13.2 Å². The second-order valence-corrected chi connectivity index (χ2v) is 7.08. The second-order valence-electron chi connectivity index (χ2n) is 5.07. The highest BCUT2D eigenvalue weighted by atomic mass is 32.2. The molecule has 2 aromatic carbocycles. The summed E-state index contributed by atoms with van der Waals surface area (Å²) < 4.78 is 22.8. The van der Waals surface area contributed by atoms with Gasteiger partial charge in [0.15, 0.2) is 9.84 Å². The van der Waals surface area contributed by atoms with Crippen molar-refractivity contribution in [2.24, 2.45) is 0 Å². The highest BCUT2D eigenvalue weighted by Gasteiger charge is 2.11. The molecule has 0 aromatic heterocycles. The van der Waals surface area contributed by atoms with Crippen molar-refractivity contribution >= 4 is 21.4 Å². The van der Waals surface area contributed by atoms with E-state index in [1.165, 1.54) is 24.3 Å². The average molecular weight is 303 g/mol. The van der Waals surface area contributed by atoms with Gasteiger partial charge in [-0.25, -0.2) is 8.42 Å². The van der Waals surface area contributed by atoms with Crippen molar-refractivity contribution in [2.45, 2.75) is 18.7 Å². The summed E-state index contributed by atoms with van der Waals surface area (Å²) in [5.41, 5.74) is 3.21. The first kappa shape index (κ1) is 15.3. The minimum atomic E-state index is -3.25. The number of hydrogen-bond acceptors (Lipinski definition) is 3. The second kappa shape index (κ2) is 5.69. The minimum Gasteiger partial charge on any atom is -0.322 e. The summed E-state index contributed by atoms with van der Waals surface area (Å²) in [6.07, 6.45) is 1.14. The summed E-state index contributed by atoms with van der Waals surface area (Å²) in [6, 6.07) is 11.7. The number of carbonyl (C=O) groups excluding carboxylic acids is 1. The Kier molecular flexibility index (Phi) is 4.14. The molecule has 0 radical (unpaired) electrons. The van der Waals surface area contributed by atoms with Crippen molar-refractivity contribution in [3.05, 3.63) is 59.2 Å². The van der Waals surface area contributed by atoms with Gasteiger partial charge in [-0.1, -0.05) is 12.1 Å². The molecule has 0 aliphatic carbocycles. The fourth-order valence-corrected chi connectivity index (χ4v) is 2.55. The summed E-state index contributed by atoms with van der Waals surface area (Å²) in [7, 11) is -3.25. The maximum atomic E-state index is 12.2. The van der Waals surface area contributed by atoms with E-state index in [1.54, 1.807) is 0 Å². The van der Waals surface area contributed by atoms with Gasteiger partial charge in [-0.05, 0) is 55.3 Å². The van der Waals surface area contributed by atoms with Crippen molar-refractivity contribution < 1.29 is 13.2 Å². The van der Waals surface area contributed by atoms with Gasteiger partial charge in [0.05, 0.1) is 4.90 Å². The molecule has 0 atom stereocenters. The monoisotopic (exact) mass is 303 g/mol. The number of sulfone groups is 1. The van der Waals surface area contributed by atoms with Gasteiger partial charge in [0, 0.05) is 17.5 Å². The molecule has 2 rings (SSSR count). The SMILES string of the molecule is Cc1ccc(C)c(NC(=O)c2ccc(S(C)(=O)=O)cc2)c1. The van der Waals surface area contributed by atoms with Gasteiger partial charge in [-0.3, -0.25) is 4.79 Å². The Morgan fingerprint density at radius 3 is 2.19 bits per heavy atom. The Balaban J connectivity index is 2.23. The zero-order valence-electron chi connectivity index (χ0n) is 12.2. The van der Waals surface area contributed by atoms with Crippen LogP contribution < -0.4 is 5.32 Å². The first-order valence-electron chi connectivity index (χ1n) is 6.46. The van der Waals surface area contributed by atoms with Gasteiger partial charge in [-0.15, -0.1) is 0 Å². The molecule has 0 heterocycles. The molecule has 0 saturated carbocycles. The van der Waals surface area contributed by atoms with Crippen molar-refractivity contribution in [2.75, 3.05) is 11.6 Å². The number of anilines is 1. The lowest BCUT2D eigenvalue weighted by atomic mass is 10.1. The van der Waals surface area contributed by atoms with Gasteiger partial charge in [-0.2, -0.15) is 0 Å². The molecule has 4 nitrogen and oxygen atoms in total. The number of hydrogen-bond donors (Lipinski definition) is 1. The van der Waals surface area contributed by atoms with Crippen LogP contribution in [0.3, 0.4) is 0 Å². The van der Waals surface area contributed by atoms with Gasteiger partial charge in [0.2, 0.25) is 0 Å². The Bertz CT molecular complexity index is 778. The lowest BCUT2D eigenvalue weighted by Gasteiger charge is -2.09. The standard InChI is InChI=1S/C16H17NO3S/c1-11-4-5-12(2)15(10-11)17-16(18)13-6-8-14(9-7-13)21(3,19)20/h4-10H,1-3H3,(H,17,18). The van der Waals surface area contributed by atoms with E-state index in [-0.39, 0.29) is 10.8 Å². The summed E-state index contributed by atoms with van der Waals surface area (Å²) >= 11 is 0. The molecule has 0 bridgehead atoms. The van der Waals surface area contributed by atoms with E-state index in [0.717, 1.165) is 23.1 Å². The van der Waals surface area contributed by atoms with Crippen molar-refractivity contribution in [1.29, 1.82) is 0 Å². The van der Waals surface area contributed by atoms with E-state index in [0.29, 0.717) is 5.56 Å². The van der Waals surface area contributed by atoms with Crippen LogP contribution in [0.25, 0.3) is 0 Å². The third kappa shape index (κ3) is 3.70. The molecule has 0 aliphatic rings. The third-order valence-corrected chi connectivity index (χ3v) is 4.31. The van der Waals surface area contributed by atoms with E-state index in [1.807, 2.05) is 32.0 Å². The van der Waals surface area contributed by atoms with Gasteiger partial charge in [0.1, 0.15) is 0 Å². The fraction of sp³-hybridized carbons (Fsp3) is 0.188. The highest BCUT2D eigenvalue weighted by molar-refractivity contribution is 7.90. The minimum absolute atomic E-state index is 0.200. The quantitative estimate of drug-likeness (QED) is 0.948. The molecule has 0 unspecified atom stereocenters. The van der Waals surface area contributed by atoms with Crippen LogP contribution in [0.4, 0.5) is 5.69 Å². The van der Waals surface area contributed by atoms with Crippen LogP contribution in [-0.2, 0) is 9.84 Å². The van der Waals surface area contributed by atoms with Crippen LogP contribution in [0.2, 0.25) is 0 Å². The average Bonchev–Trinajstić information content (AvgIpc) is 2.42. The van der Waals surface area contributed by atoms with Crippen LogP contribution in [0.15, 0.2) is 47.4 Å². The maximum Gasteiger partial charge on any atom is 0.255 e. The van der Waals surface area contributed by atoms with Crippen molar-refractivity contribution in [1.82, 2.24) is 0 Å². The molecule has 1 N–H and O–H groups in total. The van der Waals surface area contributed by atoms with Crippen molar-refractivity contribution in [3.8, 4) is 0 Å². The molecular formula is C16H17NO3S. The predicted octanol–water partition coefficient (Wildman–Crippen LogP) is 2.96. The first-order chi connectivity index (χ1) is 9.77. The topological polar surface area (TPSA) is 63.2 Å². The largest absolute Gasteiger partial charge is 0.322 e. The number of amides is 1. The van der Waals surface area contributed by atoms with Crippen LogP contribution in [0.5, 0.6) is 0 Å². The third-order valence-electron chi connectivity index (χ3n) is 3.19. The first-order valence-corrected chi connectivity index (χ1v) is 8.35. The van der Waals surface area contributed by atoms with Crippen molar-refractivity contribution in [3.63, 3.8) is 0 Å². The lowest BCUT2D eigenvalue weighted by molar-refractivity contribution is 0.102. The number of rotatable bonds is 3. The molecular weight excluding hydrogens is 286 g/mol. The summed E-state index contributed by atoms with van der Waals surface area (Å²) in [5.74, 6) is -0.260. The molecule has 0 saturated heterocycles. The summed E-state index contributed by atoms with van der Waals surface area (Å²) in [6.45, 7) is 3.87. The molecule has 2 aromatic rings. The molecule has 21 heavy (non-hydrogen) atoms. The fourth-order valence-electron chi connectivity index (χ4n) is 1.92. The van der Waals surface area contributed by atoms with Crippen LogP contribution in [-0.4, -0.2) is 20.6 Å². The zero-order valence-corrected chi connectivity index (χ0v) is 13.0. The molecule has 1 amide bonds. The normalized spacial score (nSPS) is 11.2. The van der Waals surface area contributed by atoms with Crippen LogP contribution in [0, 0.1) is 13.8 Å². The predicted molar refractivity (Wildman–Crippen MR) is 83.4 cm³/mol. The smallest absolute Gasteiger partial charge is 0.255 e. The lowest BCUT2D eigenvalue weighted by Crippen LogP contribution is -2.13. The summed E-state index contributed by atoms with van der Waals surface area (Å²) in [5, 5.41) is 2.84. The number of benzene rings is 2. The van der Waals surface area contributed by atoms with E-state index >= 15 is 0 Å². The van der Waals surface area contributed by atoms with Gasteiger partial charge >= 0.3 is 0 Å². The maximum absolute atomic E-state index is 12.2. The molecule has 0 spiro atoms. The molecule has 110 valence electrons. The summed E-state index contributed by atoms with van der Waals surface area (Å²) in [4.78, 5) is 12.4. The number of nitrogens with one attached hydrogen (secondary N) is 1. The zero-order chi connectivity index (χ0) is 15.6. The Hall–Kier alpha value is -2.14. The number of aryl methyl sites for hydroxylation is 2. The highest BCUT2D eigenvalue weighted by Crippen LogP contribution is 2.18.